The van der Waals surface area contributed by atoms with Gasteiger partial charge in [-0.25, -0.2) is 0 Å². The average molecular weight is 211 g/mol. The number of thioether (sulfide) groups is 1. The molecule has 0 aliphatic rings. The molecule has 0 aliphatic carbocycles. The minimum Gasteiger partial charge on any atom is -0.506 e. The van der Waals surface area contributed by atoms with Gasteiger partial charge in [0.05, 0.1) is 5.69 Å². The molecule has 3 N–H and O–H groups in total. The van der Waals surface area contributed by atoms with Crippen LogP contribution in [0.2, 0.25) is 0 Å². The molecule has 0 atom stereocenters. The number of aromatic hydroxyl groups is 1. The average Bonchev–Trinajstić information content (AvgIpc) is 2.18. The van der Waals surface area contributed by atoms with Crippen molar-refractivity contribution in [2.24, 2.45) is 0 Å². The Bertz CT molecular complexity index is 289. The van der Waals surface area contributed by atoms with E-state index in [0.717, 1.165) is 5.75 Å². The van der Waals surface area contributed by atoms with Crippen LogP contribution in [0, 0.1) is 0 Å². The van der Waals surface area contributed by atoms with E-state index < -0.39 is 0 Å². The lowest BCUT2D eigenvalue weighted by Crippen LogP contribution is -1.89. The molecule has 14 heavy (non-hydrogen) atoms. The Morgan fingerprint density at radius 1 is 1.43 bits per heavy atom. The van der Waals surface area contributed by atoms with E-state index in [1.54, 1.807) is 6.07 Å². The van der Waals surface area contributed by atoms with Gasteiger partial charge in [0.25, 0.3) is 0 Å². The first-order valence-corrected chi connectivity index (χ1v) is 6.04. The van der Waals surface area contributed by atoms with Crippen LogP contribution in [0.1, 0.15) is 25.3 Å². The summed E-state index contributed by atoms with van der Waals surface area (Å²) in [6.45, 7) is 2.19. The Labute approximate surface area is 89.5 Å². The maximum atomic E-state index is 9.22. The Morgan fingerprint density at radius 2 is 2.21 bits per heavy atom. The van der Waals surface area contributed by atoms with Crippen LogP contribution < -0.4 is 5.73 Å². The van der Waals surface area contributed by atoms with Crippen molar-refractivity contribution in [3.8, 4) is 5.75 Å². The second-order valence-corrected chi connectivity index (χ2v) is 4.40. The quantitative estimate of drug-likeness (QED) is 0.447. The van der Waals surface area contributed by atoms with Gasteiger partial charge >= 0.3 is 0 Å². The third-order valence-electron chi connectivity index (χ3n) is 2.00. The fraction of sp³-hybridized carbons (Fsp3) is 0.455. The molecule has 0 aliphatic heterocycles. The topological polar surface area (TPSA) is 46.2 Å². The summed E-state index contributed by atoms with van der Waals surface area (Å²) in [5.74, 6) is 2.34. The van der Waals surface area contributed by atoms with Crippen LogP contribution in [0.5, 0.6) is 5.75 Å². The summed E-state index contributed by atoms with van der Waals surface area (Å²) in [6.07, 6.45) is 2.50. The number of benzene rings is 1. The van der Waals surface area contributed by atoms with Crippen molar-refractivity contribution >= 4 is 17.4 Å². The van der Waals surface area contributed by atoms with Gasteiger partial charge in [0, 0.05) is 5.75 Å². The molecule has 0 aromatic heterocycles. The van der Waals surface area contributed by atoms with Crippen molar-refractivity contribution in [2.75, 3.05) is 11.5 Å². The molecule has 78 valence electrons. The summed E-state index contributed by atoms with van der Waals surface area (Å²) in [4.78, 5) is 0. The zero-order valence-electron chi connectivity index (χ0n) is 8.49. The highest BCUT2D eigenvalue weighted by molar-refractivity contribution is 7.98. The minimum atomic E-state index is 0.173. The molecule has 3 heteroatoms. The smallest absolute Gasteiger partial charge is 0.138 e. The van der Waals surface area contributed by atoms with E-state index in [1.807, 2.05) is 23.9 Å². The van der Waals surface area contributed by atoms with E-state index >= 15 is 0 Å². The van der Waals surface area contributed by atoms with Crippen LogP contribution in [-0.4, -0.2) is 10.9 Å². The van der Waals surface area contributed by atoms with Crippen molar-refractivity contribution in [3.63, 3.8) is 0 Å². The number of phenolic OH excluding ortho intramolecular Hbond substituents is 1. The van der Waals surface area contributed by atoms with Gasteiger partial charge in [0.15, 0.2) is 0 Å². The Balaban J connectivity index is 2.39. The zero-order chi connectivity index (χ0) is 10.4. The largest absolute Gasteiger partial charge is 0.506 e. The first kappa shape index (κ1) is 11.2. The molecule has 1 aromatic carbocycles. The van der Waals surface area contributed by atoms with Crippen LogP contribution in [0.3, 0.4) is 0 Å². The molecule has 1 rings (SSSR count). The number of rotatable bonds is 5. The van der Waals surface area contributed by atoms with Gasteiger partial charge in [-0.3, -0.25) is 0 Å². The zero-order valence-corrected chi connectivity index (χ0v) is 9.31. The van der Waals surface area contributed by atoms with E-state index in [4.69, 9.17) is 5.73 Å². The monoisotopic (exact) mass is 211 g/mol. The number of nitrogens with two attached hydrogens (primary N) is 1. The van der Waals surface area contributed by atoms with Gasteiger partial charge in [-0.1, -0.05) is 19.4 Å². The second-order valence-electron chi connectivity index (χ2n) is 3.30. The summed E-state index contributed by atoms with van der Waals surface area (Å²) >= 11 is 1.91. The number of unbranched alkanes of at least 4 members (excludes halogenated alkanes) is 1. The van der Waals surface area contributed by atoms with Crippen molar-refractivity contribution in [1.29, 1.82) is 0 Å². The lowest BCUT2D eigenvalue weighted by molar-refractivity contribution is 0.478. The summed E-state index contributed by atoms with van der Waals surface area (Å²) < 4.78 is 0. The molecule has 0 unspecified atom stereocenters. The third kappa shape index (κ3) is 3.50. The summed E-state index contributed by atoms with van der Waals surface area (Å²) in [5, 5.41) is 9.22. The number of hydrogen-bond acceptors (Lipinski definition) is 3. The Kier molecular flexibility index (Phi) is 4.66. The molecule has 0 bridgehead atoms. The van der Waals surface area contributed by atoms with Gasteiger partial charge in [0.1, 0.15) is 5.75 Å². The van der Waals surface area contributed by atoms with E-state index in [1.165, 1.54) is 24.2 Å². The fourth-order valence-corrected chi connectivity index (χ4v) is 2.18. The van der Waals surface area contributed by atoms with E-state index in [0.29, 0.717) is 5.69 Å². The van der Waals surface area contributed by atoms with Crippen molar-refractivity contribution < 1.29 is 5.11 Å². The van der Waals surface area contributed by atoms with E-state index in [9.17, 15) is 5.11 Å². The molecular weight excluding hydrogens is 194 g/mol. The maximum absolute atomic E-state index is 9.22. The van der Waals surface area contributed by atoms with Crippen LogP contribution in [0.4, 0.5) is 5.69 Å². The molecule has 0 saturated heterocycles. The van der Waals surface area contributed by atoms with E-state index in [-0.39, 0.29) is 5.75 Å². The Morgan fingerprint density at radius 3 is 2.86 bits per heavy atom. The lowest BCUT2D eigenvalue weighted by atomic mass is 10.2. The summed E-state index contributed by atoms with van der Waals surface area (Å²) in [5.41, 5.74) is 7.24. The summed E-state index contributed by atoms with van der Waals surface area (Å²) in [7, 11) is 0. The molecule has 2 nitrogen and oxygen atoms in total. The normalized spacial score (nSPS) is 10.4. The number of phenols is 1. The molecule has 1 aromatic rings. The molecule has 0 spiro atoms. The first-order chi connectivity index (χ1) is 6.74. The standard InChI is InChI=1S/C11H17NOS/c1-2-3-6-14-8-9-4-5-11(13)10(12)7-9/h4-5,7,13H,2-3,6,8,12H2,1H3. The van der Waals surface area contributed by atoms with Crippen LogP contribution >= 0.6 is 11.8 Å². The van der Waals surface area contributed by atoms with Crippen LogP contribution in [-0.2, 0) is 5.75 Å². The van der Waals surface area contributed by atoms with Gasteiger partial charge in [-0.2, -0.15) is 11.8 Å². The fourth-order valence-electron chi connectivity index (χ4n) is 1.13. The molecule has 0 amide bonds. The highest BCUT2D eigenvalue weighted by Crippen LogP contribution is 2.23. The van der Waals surface area contributed by atoms with Gasteiger partial charge in [-0.15, -0.1) is 0 Å². The maximum Gasteiger partial charge on any atom is 0.138 e. The summed E-state index contributed by atoms with van der Waals surface area (Å²) in [6, 6.07) is 5.42. The predicted octanol–water partition coefficient (Wildman–Crippen LogP) is 3.01. The molecule has 0 heterocycles. The molecule has 0 radical (unpaired) electrons. The van der Waals surface area contributed by atoms with Crippen molar-refractivity contribution in [3.05, 3.63) is 23.8 Å². The number of nitrogen functional groups attached to an aromatic ring is 1. The predicted molar refractivity (Wildman–Crippen MR) is 63.6 cm³/mol. The second kappa shape index (κ2) is 5.81. The van der Waals surface area contributed by atoms with Crippen molar-refractivity contribution in [1.82, 2.24) is 0 Å². The van der Waals surface area contributed by atoms with Crippen LogP contribution in [0.15, 0.2) is 18.2 Å². The SMILES string of the molecule is CCCCSCc1ccc(O)c(N)c1. The minimum absolute atomic E-state index is 0.173. The number of hydrogen-bond donors (Lipinski definition) is 2. The van der Waals surface area contributed by atoms with Gasteiger partial charge in [-0.05, 0) is 29.9 Å². The van der Waals surface area contributed by atoms with Gasteiger partial charge < -0.3 is 10.8 Å². The lowest BCUT2D eigenvalue weighted by Gasteiger charge is -2.03. The molecular formula is C11H17NOS. The third-order valence-corrected chi connectivity index (χ3v) is 3.12. The first-order valence-electron chi connectivity index (χ1n) is 4.89. The van der Waals surface area contributed by atoms with Crippen molar-refractivity contribution in [2.45, 2.75) is 25.5 Å². The highest BCUT2D eigenvalue weighted by Gasteiger charge is 1.98. The molecule has 0 saturated carbocycles. The number of anilines is 1. The van der Waals surface area contributed by atoms with Crippen LogP contribution in [0.25, 0.3) is 0 Å². The molecule has 0 fully saturated rings. The van der Waals surface area contributed by atoms with E-state index in [2.05, 4.69) is 6.92 Å². The van der Waals surface area contributed by atoms with Gasteiger partial charge in [0.2, 0.25) is 0 Å². The Hall–Kier alpha value is -0.830. The highest BCUT2D eigenvalue weighted by atomic mass is 32.2.